The van der Waals surface area contributed by atoms with Gasteiger partial charge in [-0.3, -0.25) is 0 Å². The summed E-state index contributed by atoms with van der Waals surface area (Å²) in [6.45, 7) is 7.34. The van der Waals surface area contributed by atoms with Crippen LogP contribution in [0.4, 0.5) is 0 Å². The van der Waals surface area contributed by atoms with Crippen LogP contribution in [-0.2, 0) is 0 Å². The Morgan fingerprint density at radius 2 is 1.12 bits per heavy atom. The largest absolute Gasteiger partial charge is 0.507 e. The Kier molecular flexibility index (Phi) is 5.00. The lowest BCUT2D eigenvalue weighted by atomic mass is 9.90. The van der Waals surface area contributed by atoms with Gasteiger partial charge in [0, 0.05) is 0 Å². The Bertz CT molecular complexity index is 1430. The van der Waals surface area contributed by atoms with Crippen LogP contribution < -0.4 is 11.3 Å². The monoisotopic (exact) mass is 435 g/mol. The molecular weight excluding hydrogens is 414 g/mol. The van der Waals surface area contributed by atoms with Gasteiger partial charge in [-0.15, -0.1) is 5.16 Å². The third kappa shape index (κ3) is 3.20. The quantitative estimate of drug-likeness (QED) is 0.191. The van der Waals surface area contributed by atoms with Gasteiger partial charge < -0.3 is 24.3 Å². The summed E-state index contributed by atoms with van der Waals surface area (Å²) in [4.78, 5) is 25.7. The normalized spacial score (nSPS) is 11.9. The molecule has 8 heteroatoms. The van der Waals surface area contributed by atoms with Crippen molar-refractivity contribution >= 4 is 28.2 Å². The van der Waals surface area contributed by atoms with E-state index in [9.17, 15) is 25.0 Å². The first-order valence-corrected chi connectivity index (χ1v) is 9.85. The molecule has 0 atom stereocenters. The van der Waals surface area contributed by atoms with E-state index in [1.54, 1.807) is 24.3 Å². The van der Waals surface area contributed by atoms with Gasteiger partial charge in [-0.25, -0.2) is 9.59 Å². The second-order valence-electron chi connectivity index (χ2n) is 7.91. The van der Waals surface area contributed by atoms with Gasteiger partial charge >= 0.3 is 11.3 Å². The minimum absolute atomic E-state index is 0.167. The van der Waals surface area contributed by atoms with Gasteiger partial charge in [0.1, 0.15) is 22.7 Å². The minimum atomic E-state index is -1.43. The van der Waals surface area contributed by atoms with Crippen molar-refractivity contribution in [3.63, 3.8) is 0 Å². The molecule has 0 aliphatic heterocycles. The maximum Gasteiger partial charge on any atom is 0.344 e. The van der Waals surface area contributed by atoms with Gasteiger partial charge in [-0.2, -0.15) is 0 Å². The van der Waals surface area contributed by atoms with Crippen molar-refractivity contribution in [3.05, 3.63) is 78.5 Å². The van der Waals surface area contributed by atoms with Gasteiger partial charge in [-0.05, 0) is 74.2 Å². The van der Waals surface area contributed by atoms with Gasteiger partial charge in [0.2, 0.25) is 0 Å². The number of aromatic hydroxyl groups is 2. The maximum absolute atomic E-state index is 12.8. The zero-order chi connectivity index (χ0) is 23.3. The Morgan fingerprint density at radius 1 is 0.750 bits per heavy atom. The molecule has 4 rings (SSSR count). The Morgan fingerprint density at radius 3 is 1.50 bits per heavy atom. The molecule has 0 spiro atoms. The van der Waals surface area contributed by atoms with E-state index >= 15 is 0 Å². The Hall–Kier alpha value is -4.07. The molecule has 0 amide bonds. The first-order valence-electron chi connectivity index (χ1n) is 9.85. The summed E-state index contributed by atoms with van der Waals surface area (Å²) in [6, 6.07) is 6.54. The molecular formula is C24H21NO7. The number of aryl methyl sites for hydroxylation is 4. The topological polar surface area (TPSA) is 133 Å². The molecule has 4 aromatic rings. The predicted octanol–water partition coefficient (Wildman–Crippen LogP) is 4.14. The van der Waals surface area contributed by atoms with Crippen molar-refractivity contribution in [2.45, 2.75) is 33.6 Å². The molecule has 0 radical (unpaired) electrons. The van der Waals surface area contributed by atoms with Crippen molar-refractivity contribution < 1.29 is 24.3 Å². The van der Waals surface area contributed by atoms with E-state index in [0.29, 0.717) is 0 Å². The van der Waals surface area contributed by atoms with Crippen molar-refractivity contribution in [1.29, 1.82) is 0 Å². The fourth-order valence-electron chi connectivity index (χ4n) is 3.82. The first-order chi connectivity index (χ1) is 15.1. The van der Waals surface area contributed by atoms with Crippen LogP contribution in [0.5, 0.6) is 11.5 Å². The zero-order valence-corrected chi connectivity index (χ0v) is 17.9. The van der Waals surface area contributed by atoms with E-state index in [1.165, 1.54) is 0 Å². The molecule has 0 aliphatic carbocycles. The summed E-state index contributed by atoms with van der Waals surface area (Å²) in [5.74, 6) is -2.31. The summed E-state index contributed by atoms with van der Waals surface area (Å²) < 4.78 is 10.8. The highest BCUT2D eigenvalue weighted by Gasteiger charge is 2.30. The van der Waals surface area contributed by atoms with E-state index in [-0.39, 0.29) is 33.1 Å². The summed E-state index contributed by atoms with van der Waals surface area (Å²) in [6.07, 6.45) is 0.859. The van der Waals surface area contributed by atoms with Gasteiger partial charge in [-0.1, -0.05) is 0 Å². The number of nitrogens with zero attached hydrogens (tertiary/aromatic N) is 1. The average Bonchev–Trinajstić information content (AvgIpc) is 2.71. The Labute approximate surface area is 181 Å². The lowest BCUT2D eigenvalue weighted by Gasteiger charge is -2.16. The van der Waals surface area contributed by atoms with E-state index in [4.69, 9.17) is 8.83 Å². The van der Waals surface area contributed by atoms with Crippen LogP contribution in [-0.4, -0.2) is 21.6 Å². The van der Waals surface area contributed by atoms with Gasteiger partial charge in [0.25, 0.3) is 0 Å². The molecule has 0 saturated heterocycles. The molecule has 2 heterocycles. The van der Waals surface area contributed by atoms with Crippen LogP contribution in [0.25, 0.3) is 21.9 Å². The molecule has 2 aromatic heterocycles. The van der Waals surface area contributed by atoms with E-state index in [0.717, 1.165) is 28.5 Å². The van der Waals surface area contributed by atoms with E-state index in [2.05, 4.69) is 5.16 Å². The van der Waals surface area contributed by atoms with Crippen LogP contribution in [0, 0.1) is 27.7 Å². The first kappa shape index (κ1) is 21.2. The molecule has 3 N–H and O–H groups in total. The van der Waals surface area contributed by atoms with Gasteiger partial charge in [0.15, 0.2) is 0 Å². The summed E-state index contributed by atoms with van der Waals surface area (Å²) in [7, 11) is 0. The maximum atomic E-state index is 12.8. The molecule has 32 heavy (non-hydrogen) atoms. The van der Waals surface area contributed by atoms with E-state index < -0.39 is 28.7 Å². The SMILES string of the molecule is Cc1cc2oc(=O)c(C(/C=N/O)c3c(O)c4cc(C)c(C)cc4oc3=O)c(O)c2cc1C. The lowest BCUT2D eigenvalue weighted by Crippen LogP contribution is -2.21. The number of fused-ring (bicyclic) bond motifs is 2. The van der Waals surface area contributed by atoms with Crippen LogP contribution in [0.3, 0.4) is 0 Å². The second-order valence-corrected chi connectivity index (χ2v) is 7.91. The van der Waals surface area contributed by atoms with Crippen LogP contribution in [0.2, 0.25) is 0 Å². The second kappa shape index (κ2) is 7.56. The standard InChI is InChI=1S/C24H21NO7/c1-10-5-14-17(7-12(10)3)31-23(28)19(21(14)26)16(9-25-30)20-22(27)15-6-11(2)13(4)8-18(15)32-24(20)29/h5-9,16,26-27,30H,1-4H3/b25-9+. The molecule has 0 fully saturated rings. The van der Waals surface area contributed by atoms with E-state index in [1.807, 2.05) is 27.7 Å². The number of hydrogen-bond donors (Lipinski definition) is 3. The molecule has 0 unspecified atom stereocenters. The number of hydrogen-bond acceptors (Lipinski definition) is 8. The predicted molar refractivity (Wildman–Crippen MR) is 119 cm³/mol. The lowest BCUT2D eigenvalue weighted by molar-refractivity contribution is 0.320. The number of benzene rings is 2. The molecule has 0 aliphatic rings. The average molecular weight is 435 g/mol. The molecule has 2 aromatic carbocycles. The third-order valence-corrected chi connectivity index (χ3v) is 5.90. The molecule has 0 bridgehead atoms. The number of rotatable bonds is 3. The highest BCUT2D eigenvalue weighted by molar-refractivity contribution is 5.91. The van der Waals surface area contributed by atoms with Gasteiger partial charge in [0.05, 0.1) is 34.0 Å². The molecule has 8 nitrogen and oxygen atoms in total. The van der Waals surface area contributed by atoms with Crippen LogP contribution in [0.15, 0.2) is 47.8 Å². The van der Waals surface area contributed by atoms with Crippen molar-refractivity contribution in [2.24, 2.45) is 5.16 Å². The van der Waals surface area contributed by atoms with Crippen molar-refractivity contribution in [3.8, 4) is 11.5 Å². The molecule has 164 valence electrons. The van der Waals surface area contributed by atoms with Crippen LogP contribution >= 0.6 is 0 Å². The fraction of sp³-hybridized carbons (Fsp3) is 0.208. The molecule has 0 saturated carbocycles. The number of oxime groups is 1. The van der Waals surface area contributed by atoms with Crippen molar-refractivity contribution in [2.75, 3.05) is 0 Å². The third-order valence-electron chi connectivity index (χ3n) is 5.90. The highest BCUT2D eigenvalue weighted by atomic mass is 16.4. The fourth-order valence-corrected chi connectivity index (χ4v) is 3.82. The zero-order valence-electron chi connectivity index (χ0n) is 17.9. The smallest absolute Gasteiger partial charge is 0.344 e. The Balaban J connectivity index is 2.08. The minimum Gasteiger partial charge on any atom is -0.507 e. The summed E-state index contributed by atoms with van der Waals surface area (Å²) >= 11 is 0. The summed E-state index contributed by atoms with van der Waals surface area (Å²) in [5, 5.41) is 34.6. The van der Waals surface area contributed by atoms with Crippen LogP contribution in [0.1, 0.15) is 39.3 Å². The van der Waals surface area contributed by atoms with Crippen molar-refractivity contribution in [1.82, 2.24) is 0 Å². The summed E-state index contributed by atoms with van der Waals surface area (Å²) in [5.41, 5.74) is 1.15. The highest BCUT2D eigenvalue weighted by Crippen LogP contribution is 2.38.